The summed E-state index contributed by atoms with van der Waals surface area (Å²) in [5.74, 6) is -0.797. The summed E-state index contributed by atoms with van der Waals surface area (Å²) in [4.78, 5) is 30.7. The molecule has 3 aromatic rings. The molecule has 5 nitrogen and oxygen atoms in total. The Kier molecular flexibility index (Phi) is 4.87. The number of fused-ring (bicyclic) bond motifs is 1. The minimum Gasteiger partial charge on any atom is -0.325 e. The summed E-state index contributed by atoms with van der Waals surface area (Å²) in [5.41, 5.74) is 1.10. The van der Waals surface area contributed by atoms with Crippen molar-refractivity contribution in [2.75, 3.05) is 5.32 Å². The smallest absolute Gasteiger partial charge is 0.262 e. The summed E-state index contributed by atoms with van der Waals surface area (Å²) in [5, 5.41) is 3.34. The first kappa shape index (κ1) is 17.6. The quantitative estimate of drug-likeness (QED) is 0.747. The molecule has 2 aromatic heterocycles. The number of hydrogen-bond donors (Lipinski definition) is 1. The van der Waals surface area contributed by atoms with Gasteiger partial charge in [0.2, 0.25) is 5.91 Å². The Morgan fingerprint density at radius 2 is 2.16 bits per heavy atom. The number of nitrogens with one attached hydrogen (secondary N) is 1. The molecule has 0 aliphatic rings. The van der Waals surface area contributed by atoms with Crippen molar-refractivity contribution < 1.29 is 9.18 Å². The van der Waals surface area contributed by atoms with Gasteiger partial charge in [-0.15, -0.1) is 11.3 Å². The van der Waals surface area contributed by atoms with Crippen LogP contribution in [0.15, 0.2) is 29.3 Å². The molecule has 1 amide bonds. The number of carbonyl (C=O) groups excluding carboxylic acids is 1. The average Bonchev–Trinajstić information content (AvgIpc) is 2.85. The summed E-state index contributed by atoms with van der Waals surface area (Å²) >= 11 is 7.36. The van der Waals surface area contributed by atoms with Crippen molar-refractivity contribution in [3.8, 4) is 0 Å². The predicted octanol–water partition coefficient (Wildman–Crippen LogP) is 3.90. The van der Waals surface area contributed by atoms with Crippen LogP contribution in [0.2, 0.25) is 5.02 Å². The second-order valence-corrected chi connectivity index (χ2v) is 7.24. The highest BCUT2D eigenvalue weighted by atomic mass is 35.5. The van der Waals surface area contributed by atoms with Crippen molar-refractivity contribution in [2.24, 2.45) is 0 Å². The second-order valence-electron chi connectivity index (χ2n) is 5.63. The van der Waals surface area contributed by atoms with E-state index in [0.717, 1.165) is 16.5 Å². The number of amides is 1. The van der Waals surface area contributed by atoms with Gasteiger partial charge in [0.15, 0.2) is 0 Å². The van der Waals surface area contributed by atoms with Crippen LogP contribution < -0.4 is 10.9 Å². The van der Waals surface area contributed by atoms with E-state index in [-0.39, 0.29) is 29.5 Å². The van der Waals surface area contributed by atoms with Gasteiger partial charge in [0.25, 0.3) is 5.56 Å². The molecule has 0 unspecified atom stereocenters. The van der Waals surface area contributed by atoms with Gasteiger partial charge in [-0.1, -0.05) is 11.6 Å². The molecule has 130 valence electrons. The predicted molar refractivity (Wildman–Crippen MR) is 98.0 cm³/mol. The maximum Gasteiger partial charge on any atom is 0.262 e. The number of aryl methyl sites for hydroxylation is 3. The van der Waals surface area contributed by atoms with Crippen molar-refractivity contribution in [3.63, 3.8) is 0 Å². The van der Waals surface area contributed by atoms with Gasteiger partial charge in [0, 0.05) is 17.8 Å². The Labute approximate surface area is 152 Å². The van der Waals surface area contributed by atoms with E-state index >= 15 is 0 Å². The van der Waals surface area contributed by atoms with Crippen molar-refractivity contribution in [2.45, 2.75) is 26.8 Å². The number of anilines is 1. The lowest BCUT2D eigenvalue weighted by Crippen LogP contribution is -2.23. The normalized spacial score (nSPS) is 11.0. The minimum atomic E-state index is -0.477. The Morgan fingerprint density at radius 1 is 1.40 bits per heavy atom. The lowest BCUT2D eigenvalue weighted by Gasteiger charge is -2.08. The van der Waals surface area contributed by atoms with Gasteiger partial charge in [0.05, 0.1) is 22.4 Å². The number of hydrogen-bond acceptors (Lipinski definition) is 4. The zero-order valence-electron chi connectivity index (χ0n) is 13.6. The van der Waals surface area contributed by atoms with Crippen LogP contribution in [0, 0.1) is 19.7 Å². The van der Waals surface area contributed by atoms with Gasteiger partial charge < -0.3 is 5.32 Å². The van der Waals surface area contributed by atoms with Gasteiger partial charge in [-0.05, 0) is 37.6 Å². The third kappa shape index (κ3) is 3.57. The molecule has 0 radical (unpaired) electrons. The zero-order chi connectivity index (χ0) is 18.1. The Morgan fingerprint density at radius 3 is 2.88 bits per heavy atom. The maximum atomic E-state index is 13.0. The minimum absolute atomic E-state index is 0.0724. The number of carbonyl (C=O) groups is 1. The van der Waals surface area contributed by atoms with E-state index in [0.29, 0.717) is 15.9 Å². The van der Waals surface area contributed by atoms with Crippen LogP contribution in [-0.4, -0.2) is 15.5 Å². The fraction of sp³-hybridized carbons (Fsp3) is 0.235. The summed E-state index contributed by atoms with van der Waals surface area (Å²) in [6.07, 6.45) is 1.53. The van der Waals surface area contributed by atoms with Gasteiger partial charge in [-0.25, -0.2) is 9.37 Å². The van der Waals surface area contributed by atoms with Gasteiger partial charge in [0.1, 0.15) is 10.6 Å². The van der Waals surface area contributed by atoms with E-state index in [2.05, 4.69) is 10.3 Å². The highest BCUT2D eigenvalue weighted by molar-refractivity contribution is 7.18. The first-order valence-electron chi connectivity index (χ1n) is 7.57. The largest absolute Gasteiger partial charge is 0.325 e. The van der Waals surface area contributed by atoms with E-state index in [1.165, 1.54) is 34.4 Å². The molecule has 2 heterocycles. The molecule has 0 saturated heterocycles. The van der Waals surface area contributed by atoms with Crippen LogP contribution in [-0.2, 0) is 11.3 Å². The van der Waals surface area contributed by atoms with Crippen molar-refractivity contribution in [1.82, 2.24) is 9.55 Å². The van der Waals surface area contributed by atoms with Crippen molar-refractivity contribution >= 4 is 44.7 Å². The summed E-state index contributed by atoms with van der Waals surface area (Å²) in [6.45, 7) is 4.04. The molecule has 1 aromatic carbocycles. The standard InChI is InChI=1S/C17H15ClFN3O2S/c1-9-10(2)25-16-15(9)17(24)22(8-20-16)6-5-14(23)21-13-4-3-11(19)7-12(13)18/h3-4,7-8H,5-6H2,1-2H3,(H,21,23). The molecule has 0 aliphatic heterocycles. The second kappa shape index (κ2) is 6.93. The van der Waals surface area contributed by atoms with E-state index in [4.69, 9.17) is 11.6 Å². The van der Waals surface area contributed by atoms with Crippen molar-refractivity contribution in [1.29, 1.82) is 0 Å². The summed E-state index contributed by atoms with van der Waals surface area (Å²) in [6, 6.07) is 3.74. The fourth-order valence-corrected chi connectivity index (χ4v) is 3.66. The van der Waals surface area contributed by atoms with Crippen LogP contribution in [0.25, 0.3) is 10.2 Å². The average molecular weight is 380 g/mol. The molecule has 0 bridgehead atoms. The first-order chi connectivity index (χ1) is 11.9. The van der Waals surface area contributed by atoms with E-state index in [9.17, 15) is 14.0 Å². The topological polar surface area (TPSA) is 64.0 Å². The SMILES string of the molecule is Cc1sc2ncn(CCC(=O)Nc3ccc(F)cc3Cl)c(=O)c2c1C. The Bertz CT molecular complexity index is 1030. The number of aromatic nitrogens is 2. The molecule has 8 heteroatoms. The number of thiophene rings is 1. The maximum absolute atomic E-state index is 13.0. The molecule has 0 spiro atoms. The van der Waals surface area contributed by atoms with Gasteiger partial charge in [-0.3, -0.25) is 14.2 Å². The number of halogens is 2. The number of nitrogens with zero attached hydrogens (tertiary/aromatic N) is 2. The van der Waals surface area contributed by atoms with Crippen LogP contribution >= 0.6 is 22.9 Å². The summed E-state index contributed by atoms with van der Waals surface area (Å²) < 4.78 is 14.4. The zero-order valence-corrected chi connectivity index (χ0v) is 15.2. The number of rotatable bonds is 4. The summed E-state index contributed by atoms with van der Waals surface area (Å²) in [7, 11) is 0. The van der Waals surface area contributed by atoms with E-state index in [1.54, 1.807) is 0 Å². The Hall–Kier alpha value is -2.25. The molecular weight excluding hydrogens is 365 g/mol. The van der Waals surface area contributed by atoms with Crippen LogP contribution in [0.4, 0.5) is 10.1 Å². The molecule has 0 atom stereocenters. The number of benzene rings is 1. The van der Waals surface area contributed by atoms with E-state index < -0.39 is 5.82 Å². The van der Waals surface area contributed by atoms with Crippen LogP contribution in [0.3, 0.4) is 0 Å². The van der Waals surface area contributed by atoms with Crippen LogP contribution in [0.1, 0.15) is 16.9 Å². The molecule has 0 aliphatic carbocycles. The molecule has 3 rings (SSSR count). The van der Waals surface area contributed by atoms with Crippen molar-refractivity contribution in [3.05, 3.63) is 56.2 Å². The third-order valence-electron chi connectivity index (χ3n) is 3.94. The Balaban J connectivity index is 1.74. The lowest BCUT2D eigenvalue weighted by atomic mass is 10.2. The van der Waals surface area contributed by atoms with Crippen LogP contribution in [0.5, 0.6) is 0 Å². The highest BCUT2D eigenvalue weighted by Gasteiger charge is 2.13. The highest BCUT2D eigenvalue weighted by Crippen LogP contribution is 2.25. The molecule has 0 saturated carbocycles. The fourth-order valence-electron chi connectivity index (χ4n) is 2.45. The molecule has 25 heavy (non-hydrogen) atoms. The lowest BCUT2D eigenvalue weighted by molar-refractivity contribution is -0.116. The van der Waals surface area contributed by atoms with Gasteiger partial charge >= 0.3 is 0 Å². The molecule has 1 N–H and O–H groups in total. The van der Waals surface area contributed by atoms with Gasteiger partial charge in [-0.2, -0.15) is 0 Å². The molecular formula is C17H15ClFN3O2S. The first-order valence-corrected chi connectivity index (χ1v) is 8.76. The molecule has 0 fully saturated rings. The monoisotopic (exact) mass is 379 g/mol. The third-order valence-corrected chi connectivity index (χ3v) is 5.37. The van der Waals surface area contributed by atoms with E-state index in [1.807, 2.05) is 13.8 Å².